The van der Waals surface area contributed by atoms with Crippen molar-refractivity contribution in [3.63, 3.8) is 0 Å². The molecule has 0 atom stereocenters. The molecule has 0 aromatic heterocycles. The van der Waals surface area contributed by atoms with Crippen LogP contribution in [-0.4, -0.2) is 5.91 Å². The van der Waals surface area contributed by atoms with Crippen LogP contribution in [0.25, 0.3) is 0 Å². The van der Waals surface area contributed by atoms with E-state index in [9.17, 15) is 9.18 Å². The molecule has 0 unspecified atom stereocenters. The Balaban J connectivity index is 1.93. The molecule has 2 aromatic rings. The first-order chi connectivity index (χ1) is 9.66. The quantitative estimate of drug-likeness (QED) is 0.722. The van der Waals surface area contributed by atoms with E-state index in [4.69, 9.17) is 0 Å². The van der Waals surface area contributed by atoms with Gasteiger partial charge in [0, 0.05) is 0 Å². The summed E-state index contributed by atoms with van der Waals surface area (Å²) in [6, 6.07) is 9.83. The van der Waals surface area contributed by atoms with Gasteiger partial charge in [-0.1, -0.05) is 12.1 Å². The number of nitrogens with zero attached hydrogens (tertiary/aromatic N) is 2. The summed E-state index contributed by atoms with van der Waals surface area (Å²) in [5.41, 5.74) is 1.78. The molecule has 1 aliphatic heterocycles. The second-order valence-corrected chi connectivity index (χ2v) is 5.38. The van der Waals surface area contributed by atoms with E-state index in [0.29, 0.717) is 17.1 Å². The second kappa shape index (κ2) is 5.26. The number of anilines is 1. The molecule has 1 aliphatic rings. The fourth-order valence-corrected chi connectivity index (χ4v) is 2.69. The van der Waals surface area contributed by atoms with Crippen LogP contribution in [0.15, 0.2) is 49.6 Å². The van der Waals surface area contributed by atoms with Crippen LogP contribution >= 0.6 is 15.9 Å². The van der Waals surface area contributed by atoms with Gasteiger partial charge in [-0.15, -0.1) is 0 Å². The number of benzene rings is 2. The number of halogens is 2. The highest BCUT2D eigenvalue weighted by molar-refractivity contribution is 9.10. The zero-order valence-electron chi connectivity index (χ0n) is 9.93. The van der Waals surface area contributed by atoms with Crippen LogP contribution in [0.1, 0.15) is 10.4 Å². The number of carbonyl (C=O) groups excluding carboxylic acids is 1. The van der Waals surface area contributed by atoms with Crippen molar-refractivity contribution in [2.75, 3.05) is 5.32 Å². The van der Waals surface area contributed by atoms with Gasteiger partial charge in [-0.2, -0.15) is 8.73 Å². The molecule has 0 radical (unpaired) electrons. The molecule has 0 saturated heterocycles. The fourth-order valence-electron chi connectivity index (χ4n) is 1.78. The predicted octanol–water partition coefficient (Wildman–Crippen LogP) is 4.57. The first-order valence-electron chi connectivity index (χ1n) is 5.63. The molecule has 4 nitrogen and oxygen atoms in total. The Morgan fingerprint density at radius 2 is 2.00 bits per heavy atom. The SMILES string of the molecule is O=C(Nc1cccc2c1N=S=N2)c1cccc(Br)c1F. The number of fused-ring (bicyclic) bond motifs is 1. The van der Waals surface area contributed by atoms with Crippen LogP contribution in [0.4, 0.5) is 21.5 Å². The lowest BCUT2D eigenvalue weighted by Gasteiger charge is -2.08. The van der Waals surface area contributed by atoms with Gasteiger partial charge in [0.25, 0.3) is 5.91 Å². The number of carbonyl (C=O) groups is 1. The summed E-state index contributed by atoms with van der Waals surface area (Å²) in [5, 5.41) is 2.66. The average molecular weight is 352 g/mol. The highest BCUT2D eigenvalue weighted by Gasteiger charge is 2.17. The van der Waals surface area contributed by atoms with E-state index in [1.165, 1.54) is 12.1 Å². The number of nitrogens with one attached hydrogen (secondary N) is 1. The minimum Gasteiger partial charge on any atom is -0.320 e. The zero-order valence-corrected chi connectivity index (χ0v) is 12.3. The van der Waals surface area contributed by atoms with E-state index in [0.717, 1.165) is 11.4 Å². The van der Waals surface area contributed by atoms with Gasteiger partial charge in [0.2, 0.25) is 0 Å². The van der Waals surface area contributed by atoms with Crippen LogP contribution in [-0.2, 0) is 11.4 Å². The Hall–Kier alpha value is -1.86. The van der Waals surface area contributed by atoms with Gasteiger partial charge in [-0.05, 0) is 40.2 Å². The molecule has 2 aromatic carbocycles. The van der Waals surface area contributed by atoms with Crippen molar-refractivity contribution in [2.24, 2.45) is 8.73 Å². The Bertz CT molecular complexity index is 787. The maximum Gasteiger partial charge on any atom is 0.258 e. The number of hydrogen-bond donors (Lipinski definition) is 1. The summed E-state index contributed by atoms with van der Waals surface area (Å²) in [6.45, 7) is 0. The van der Waals surface area contributed by atoms with Crippen molar-refractivity contribution in [1.82, 2.24) is 0 Å². The van der Waals surface area contributed by atoms with Gasteiger partial charge < -0.3 is 5.32 Å². The van der Waals surface area contributed by atoms with Crippen LogP contribution in [0.3, 0.4) is 0 Å². The predicted molar refractivity (Wildman–Crippen MR) is 80.0 cm³/mol. The molecule has 0 bridgehead atoms. The van der Waals surface area contributed by atoms with Crippen LogP contribution < -0.4 is 5.32 Å². The molecule has 20 heavy (non-hydrogen) atoms. The lowest BCUT2D eigenvalue weighted by Crippen LogP contribution is -2.14. The molecule has 0 saturated carbocycles. The van der Waals surface area contributed by atoms with E-state index >= 15 is 0 Å². The Kier molecular flexibility index (Phi) is 3.45. The lowest BCUT2D eigenvalue weighted by molar-refractivity contribution is 0.102. The number of amides is 1. The zero-order chi connectivity index (χ0) is 14.1. The Morgan fingerprint density at radius 3 is 2.85 bits per heavy atom. The van der Waals surface area contributed by atoms with Crippen molar-refractivity contribution >= 4 is 50.3 Å². The van der Waals surface area contributed by atoms with Gasteiger partial charge in [0.1, 0.15) is 17.2 Å². The average Bonchev–Trinajstić information content (AvgIpc) is 2.91. The third kappa shape index (κ3) is 2.30. The summed E-state index contributed by atoms with van der Waals surface area (Å²) < 4.78 is 22.3. The minimum atomic E-state index is -0.589. The van der Waals surface area contributed by atoms with Gasteiger partial charge in [0.15, 0.2) is 0 Å². The van der Waals surface area contributed by atoms with Gasteiger partial charge in [-0.3, -0.25) is 4.79 Å². The Morgan fingerprint density at radius 1 is 1.20 bits per heavy atom. The van der Waals surface area contributed by atoms with Crippen molar-refractivity contribution < 1.29 is 9.18 Å². The maximum absolute atomic E-state index is 13.9. The summed E-state index contributed by atoms with van der Waals surface area (Å²) in [6.07, 6.45) is 0. The minimum absolute atomic E-state index is 0.0282. The number of rotatable bonds is 2. The molecule has 3 rings (SSSR count). The standard InChI is InChI=1S/C13H7BrFN3OS/c14-8-4-1-3-7(11(8)15)13(19)16-9-5-2-6-10-12(9)18-20-17-10/h1-6H,(H,16,19). The summed E-state index contributed by atoms with van der Waals surface area (Å²) in [4.78, 5) is 12.1. The maximum atomic E-state index is 13.9. The molecule has 1 heterocycles. The van der Waals surface area contributed by atoms with E-state index in [1.807, 2.05) is 0 Å². The third-order valence-electron chi connectivity index (χ3n) is 2.73. The van der Waals surface area contributed by atoms with Gasteiger partial charge >= 0.3 is 0 Å². The lowest BCUT2D eigenvalue weighted by atomic mass is 10.2. The van der Waals surface area contributed by atoms with Crippen molar-refractivity contribution in [2.45, 2.75) is 0 Å². The topological polar surface area (TPSA) is 53.8 Å². The molecule has 7 heteroatoms. The molecule has 0 aliphatic carbocycles. The van der Waals surface area contributed by atoms with Gasteiger partial charge in [0.05, 0.1) is 27.1 Å². The molecule has 1 N–H and O–H groups in total. The molecule has 1 amide bonds. The van der Waals surface area contributed by atoms with Crippen LogP contribution in [0, 0.1) is 5.82 Å². The van der Waals surface area contributed by atoms with E-state index in [2.05, 4.69) is 30.0 Å². The monoisotopic (exact) mass is 351 g/mol. The first-order valence-corrected chi connectivity index (χ1v) is 7.16. The summed E-state index contributed by atoms with van der Waals surface area (Å²) >= 11 is 4.12. The second-order valence-electron chi connectivity index (χ2n) is 3.99. The summed E-state index contributed by atoms with van der Waals surface area (Å²) in [5.74, 6) is -1.11. The van der Waals surface area contributed by atoms with Crippen molar-refractivity contribution in [3.05, 3.63) is 52.3 Å². The van der Waals surface area contributed by atoms with Crippen LogP contribution in [0.5, 0.6) is 0 Å². The molecule has 0 fully saturated rings. The van der Waals surface area contributed by atoms with Crippen molar-refractivity contribution in [3.8, 4) is 0 Å². The van der Waals surface area contributed by atoms with Crippen molar-refractivity contribution in [1.29, 1.82) is 0 Å². The smallest absolute Gasteiger partial charge is 0.258 e. The highest BCUT2D eigenvalue weighted by Crippen LogP contribution is 2.38. The number of hydrogen-bond acceptors (Lipinski definition) is 3. The summed E-state index contributed by atoms with van der Waals surface area (Å²) in [7, 11) is 0. The van der Waals surface area contributed by atoms with E-state index < -0.39 is 11.7 Å². The molecular weight excluding hydrogens is 345 g/mol. The van der Waals surface area contributed by atoms with Gasteiger partial charge in [-0.25, -0.2) is 4.39 Å². The fraction of sp³-hybridized carbons (Fsp3) is 0. The van der Waals surface area contributed by atoms with E-state index in [1.54, 1.807) is 24.3 Å². The Labute approximate surface area is 126 Å². The third-order valence-corrected chi connectivity index (χ3v) is 3.89. The largest absolute Gasteiger partial charge is 0.320 e. The first kappa shape index (κ1) is 13.1. The highest BCUT2D eigenvalue weighted by atomic mass is 79.9. The molecular formula is C13H7BrFN3OS. The molecule has 100 valence electrons. The normalized spacial score (nSPS) is 11.9. The van der Waals surface area contributed by atoms with Crippen LogP contribution in [0.2, 0.25) is 0 Å². The molecule has 0 spiro atoms. The van der Waals surface area contributed by atoms with E-state index in [-0.39, 0.29) is 10.0 Å².